The van der Waals surface area contributed by atoms with Gasteiger partial charge >= 0.3 is 0 Å². The Morgan fingerprint density at radius 2 is 2.35 bits per heavy atom. The van der Waals surface area contributed by atoms with Crippen molar-refractivity contribution in [3.8, 4) is 0 Å². The minimum absolute atomic E-state index is 0.172. The SMILES string of the molecule is Cn1cnnc1C1CCCN1c1ccnc(C(N)=O)c1. The standard InChI is InChI=1S/C13H16N6O/c1-18-8-16-17-13(18)11-3-2-6-19(11)9-4-5-15-10(7-9)12(14)20/h4-5,7-8,11H,2-3,6H2,1H3,(H2,14,20). The predicted molar refractivity (Wildman–Crippen MR) is 73.1 cm³/mol. The van der Waals surface area contributed by atoms with Gasteiger partial charge in [-0.2, -0.15) is 0 Å². The number of aryl methyl sites for hydroxylation is 1. The van der Waals surface area contributed by atoms with Crippen molar-refractivity contribution >= 4 is 11.6 Å². The van der Waals surface area contributed by atoms with Crippen molar-refractivity contribution < 1.29 is 4.79 Å². The minimum atomic E-state index is -0.513. The summed E-state index contributed by atoms with van der Waals surface area (Å²) in [6.07, 6.45) is 5.40. The molecule has 1 aliphatic rings. The van der Waals surface area contributed by atoms with E-state index in [1.165, 1.54) is 0 Å². The lowest BCUT2D eigenvalue weighted by molar-refractivity contribution is 0.0995. The molecule has 1 fully saturated rings. The van der Waals surface area contributed by atoms with Gasteiger partial charge in [-0.15, -0.1) is 10.2 Å². The molecule has 1 atom stereocenters. The number of hydrogen-bond acceptors (Lipinski definition) is 5. The predicted octanol–water partition coefficient (Wildman–Crippen LogP) is 0.650. The fourth-order valence-electron chi connectivity index (χ4n) is 2.67. The van der Waals surface area contributed by atoms with E-state index in [0.29, 0.717) is 0 Å². The van der Waals surface area contributed by atoms with Crippen LogP contribution in [0.4, 0.5) is 5.69 Å². The molecule has 2 aromatic rings. The van der Waals surface area contributed by atoms with E-state index in [2.05, 4.69) is 20.1 Å². The number of pyridine rings is 1. The average molecular weight is 272 g/mol. The highest BCUT2D eigenvalue weighted by molar-refractivity contribution is 5.91. The van der Waals surface area contributed by atoms with Gasteiger partial charge in [-0.1, -0.05) is 0 Å². The number of rotatable bonds is 3. The second-order valence-electron chi connectivity index (χ2n) is 4.91. The molecule has 2 N–H and O–H groups in total. The summed E-state index contributed by atoms with van der Waals surface area (Å²) < 4.78 is 1.93. The number of carbonyl (C=O) groups is 1. The van der Waals surface area contributed by atoms with Crippen LogP contribution in [0.25, 0.3) is 0 Å². The Morgan fingerprint density at radius 1 is 1.50 bits per heavy atom. The van der Waals surface area contributed by atoms with Gasteiger partial charge in [-0.05, 0) is 25.0 Å². The highest BCUT2D eigenvalue weighted by Crippen LogP contribution is 2.34. The quantitative estimate of drug-likeness (QED) is 0.886. The molecule has 3 rings (SSSR count). The van der Waals surface area contributed by atoms with Crippen LogP contribution >= 0.6 is 0 Å². The Morgan fingerprint density at radius 3 is 3.05 bits per heavy atom. The van der Waals surface area contributed by atoms with Gasteiger partial charge in [-0.3, -0.25) is 9.78 Å². The van der Waals surface area contributed by atoms with E-state index in [1.54, 1.807) is 18.6 Å². The highest BCUT2D eigenvalue weighted by atomic mass is 16.1. The molecule has 104 valence electrons. The molecule has 7 nitrogen and oxygen atoms in total. The Hall–Kier alpha value is -2.44. The van der Waals surface area contributed by atoms with Crippen molar-refractivity contribution in [2.75, 3.05) is 11.4 Å². The molecule has 3 heterocycles. The molecule has 0 aliphatic carbocycles. The summed E-state index contributed by atoms with van der Waals surface area (Å²) in [6, 6.07) is 3.80. The molecular formula is C13H16N6O. The maximum absolute atomic E-state index is 11.2. The normalized spacial score (nSPS) is 18.4. The van der Waals surface area contributed by atoms with Crippen LogP contribution in [-0.4, -0.2) is 32.2 Å². The van der Waals surface area contributed by atoms with E-state index < -0.39 is 5.91 Å². The summed E-state index contributed by atoms with van der Waals surface area (Å²) in [5.74, 6) is 0.418. The number of amides is 1. The first kappa shape index (κ1) is 12.6. The van der Waals surface area contributed by atoms with Crippen molar-refractivity contribution in [1.82, 2.24) is 19.7 Å². The Labute approximate surface area is 116 Å². The summed E-state index contributed by atoms with van der Waals surface area (Å²) in [5, 5.41) is 8.14. The number of primary amides is 1. The first-order valence-corrected chi connectivity index (χ1v) is 6.53. The van der Waals surface area contributed by atoms with Gasteiger partial charge in [0.2, 0.25) is 0 Å². The molecule has 1 aliphatic heterocycles. The Balaban J connectivity index is 1.95. The lowest BCUT2D eigenvalue weighted by Gasteiger charge is -2.26. The first-order valence-electron chi connectivity index (χ1n) is 6.53. The van der Waals surface area contributed by atoms with Crippen molar-refractivity contribution in [2.24, 2.45) is 12.8 Å². The van der Waals surface area contributed by atoms with Gasteiger partial charge in [0.25, 0.3) is 5.91 Å². The van der Waals surface area contributed by atoms with E-state index >= 15 is 0 Å². The zero-order valence-electron chi connectivity index (χ0n) is 11.2. The Bertz CT molecular complexity index is 637. The molecule has 0 bridgehead atoms. The molecule has 7 heteroatoms. The summed E-state index contributed by atoms with van der Waals surface area (Å²) in [4.78, 5) is 17.4. The van der Waals surface area contributed by atoms with E-state index in [-0.39, 0.29) is 11.7 Å². The number of nitrogens with zero attached hydrogens (tertiary/aromatic N) is 5. The van der Waals surface area contributed by atoms with Crippen molar-refractivity contribution in [3.63, 3.8) is 0 Å². The zero-order chi connectivity index (χ0) is 14.1. The van der Waals surface area contributed by atoms with Crippen LogP contribution in [0.1, 0.15) is 35.2 Å². The topological polar surface area (TPSA) is 89.9 Å². The van der Waals surface area contributed by atoms with Crippen LogP contribution in [0.2, 0.25) is 0 Å². The van der Waals surface area contributed by atoms with Gasteiger partial charge in [0, 0.05) is 25.5 Å². The molecule has 0 spiro atoms. The highest BCUT2D eigenvalue weighted by Gasteiger charge is 2.29. The summed E-state index contributed by atoms with van der Waals surface area (Å²) in [7, 11) is 1.94. The maximum Gasteiger partial charge on any atom is 0.267 e. The van der Waals surface area contributed by atoms with Crippen LogP contribution in [0.3, 0.4) is 0 Å². The molecule has 1 unspecified atom stereocenters. The number of nitrogens with two attached hydrogens (primary N) is 1. The smallest absolute Gasteiger partial charge is 0.267 e. The third-order valence-corrected chi connectivity index (χ3v) is 3.62. The third-order valence-electron chi connectivity index (χ3n) is 3.62. The van der Waals surface area contributed by atoms with Crippen LogP contribution in [0, 0.1) is 0 Å². The van der Waals surface area contributed by atoms with Crippen LogP contribution in [0.5, 0.6) is 0 Å². The summed E-state index contributed by atoms with van der Waals surface area (Å²) in [5.41, 5.74) is 6.52. The average Bonchev–Trinajstić information content (AvgIpc) is 3.06. The minimum Gasteiger partial charge on any atom is -0.364 e. The lowest BCUT2D eigenvalue weighted by atomic mass is 10.2. The van der Waals surface area contributed by atoms with E-state index in [0.717, 1.165) is 30.9 Å². The lowest BCUT2D eigenvalue weighted by Crippen LogP contribution is -2.25. The molecule has 0 aromatic carbocycles. The first-order chi connectivity index (χ1) is 9.66. The van der Waals surface area contributed by atoms with Crippen LogP contribution in [0.15, 0.2) is 24.7 Å². The van der Waals surface area contributed by atoms with Crippen molar-refractivity contribution in [1.29, 1.82) is 0 Å². The third kappa shape index (κ3) is 2.11. The molecule has 0 radical (unpaired) electrons. The largest absolute Gasteiger partial charge is 0.364 e. The molecule has 20 heavy (non-hydrogen) atoms. The van der Waals surface area contributed by atoms with Crippen molar-refractivity contribution in [2.45, 2.75) is 18.9 Å². The second kappa shape index (κ2) is 4.92. The van der Waals surface area contributed by atoms with E-state index in [9.17, 15) is 4.79 Å². The molecule has 0 saturated carbocycles. The van der Waals surface area contributed by atoms with Crippen LogP contribution < -0.4 is 10.6 Å². The van der Waals surface area contributed by atoms with E-state index in [1.807, 2.05) is 17.7 Å². The molecule has 2 aromatic heterocycles. The monoisotopic (exact) mass is 272 g/mol. The fourth-order valence-corrected chi connectivity index (χ4v) is 2.67. The molecule has 1 amide bonds. The second-order valence-corrected chi connectivity index (χ2v) is 4.91. The van der Waals surface area contributed by atoms with Gasteiger partial charge in [0.15, 0.2) is 5.82 Å². The van der Waals surface area contributed by atoms with Crippen LogP contribution in [-0.2, 0) is 7.05 Å². The Kier molecular flexibility index (Phi) is 3.09. The van der Waals surface area contributed by atoms with Gasteiger partial charge < -0.3 is 15.2 Å². The zero-order valence-corrected chi connectivity index (χ0v) is 11.2. The number of carbonyl (C=O) groups excluding carboxylic acids is 1. The maximum atomic E-state index is 11.2. The van der Waals surface area contributed by atoms with Crippen molar-refractivity contribution in [3.05, 3.63) is 36.2 Å². The molecule has 1 saturated heterocycles. The van der Waals surface area contributed by atoms with Gasteiger partial charge in [0.1, 0.15) is 12.0 Å². The fraction of sp³-hybridized carbons (Fsp3) is 0.385. The number of anilines is 1. The van der Waals surface area contributed by atoms with E-state index in [4.69, 9.17) is 5.73 Å². The molecular weight excluding hydrogens is 256 g/mol. The van der Waals surface area contributed by atoms with Gasteiger partial charge in [-0.25, -0.2) is 0 Å². The van der Waals surface area contributed by atoms with Gasteiger partial charge in [0.05, 0.1) is 6.04 Å². The number of hydrogen-bond donors (Lipinski definition) is 1. The summed E-state index contributed by atoms with van der Waals surface area (Å²) in [6.45, 7) is 0.916. The number of aromatic nitrogens is 4. The summed E-state index contributed by atoms with van der Waals surface area (Å²) >= 11 is 0.